The maximum Gasteiger partial charge on any atom is 0.273 e. The van der Waals surface area contributed by atoms with E-state index >= 15 is 0 Å². The molecule has 1 amide bonds. The van der Waals surface area contributed by atoms with E-state index in [1.54, 1.807) is 19.9 Å². The molecule has 0 saturated heterocycles. The van der Waals surface area contributed by atoms with E-state index in [-0.39, 0.29) is 11.3 Å². The first kappa shape index (κ1) is 16.4. The summed E-state index contributed by atoms with van der Waals surface area (Å²) in [5.74, 6) is -0.487. The number of carbonyl (C=O) groups excluding carboxylic acids is 1. The summed E-state index contributed by atoms with van der Waals surface area (Å²) >= 11 is 0. The molecule has 1 N–H and O–H groups in total. The summed E-state index contributed by atoms with van der Waals surface area (Å²) in [4.78, 5) is 22.5. The van der Waals surface area contributed by atoms with Gasteiger partial charge in [0.1, 0.15) is 0 Å². The Morgan fingerprint density at radius 2 is 1.70 bits per heavy atom. The van der Waals surface area contributed by atoms with Gasteiger partial charge in [-0.2, -0.15) is 5.10 Å². The van der Waals surface area contributed by atoms with Crippen molar-refractivity contribution in [2.75, 3.05) is 0 Å². The molecule has 0 saturated carbocycles. The molecule has 2 aromatic carbocycles. The Labute approximate surface area is 134 Å². The van der Waals surface area contributed by atoms with E-state index in [4.69, 9.17) is 0 Å². The molecule has 2 rings (SSSR count). The number of aryl methyl sites for hydroxylation is 2. The molecular weight excluding hydrogens is 294 g/mol. The Bertz CT molecular complexity index is 780. The molecule has 118 valence electrons. The molecule has 0 heterocycles. The second-order valence-corrected chi connectivity index (χ2v) is 5.26. The van der Waals surface area contributed by atoms with Crippen LogP contribution in [-0.4, -0.2) is 16.5 Å². The van der Waals surface area contributed by atoms with Gasteiger partial charge in [-0.05, 0) is 32.4 Å². The minimum atomic E-state index is -0.507. The van der Waals surface area contributed by atoms with E-state index in [1.807, 2.05) is 31.2 Å². The minimum Gasteiger partial charge on any atom is -0.267 e. The monoisotopic (exact) mass is 311 g/mol. The third-order valence-corrected chi connectivity index (χ3v) is 3.46. The van der Waals surface area contributed by atoms with E-state index in [2.05, 4.69) is 10.5 Å². The molecule has 0 unspecified atom stereocenters. The lowest BCUT2D eigenvalue weighted by Gasteiger charge is -2.04. The van der Waals surface area contributed by atoms with Crippen LogP contribution in [0.2, 0.25) is 0 Å². The lowest BCUT2D eigenvalue weighted by atomic mass is 10.1. The Morgan fingerprint density at radius 1 is 1.09 bits per heavy atom. The van der Waals surface area contributed by atoms with Crippen molar-refractivity contribution in [1.82, 2.24) is 5.43 Å². The quantitative estimate of drug-likeness (QED) is 0.533. The maximum absolute atomic E-state index is 12.1. The molecule has 0 atom stereocenters. The summed E-state index contributed by atoms with van der Waals surface area (Å²) in [6.45, 7) is 5.39. The van der Waals surface area contributed by atoms with Crippen molar-refractivity contribution in [3.63, 3.8) is 0 Å². The molecule has 0 bridgehead atoms. The molecule has 0 spiro atoms. The van der Waals surface area contributed by atoms with Crippen molar-refractivity contribution in [2.45, 2.75) is 20.8 Å². The predicted molar refractivity (Wildman–Crippen MR) is 88.7 cm³/mol. The molecule has 0 aliphatic heterocycles. The highest BCUT2D eigenvalue weighted by atomic mass is 16.6. The van der Waals surface area contributed by atoms with Crippen LogP contribution in [0.4, 0.5) is 5.69 Å². The van der Waals surface area contributed by atoms with Gasteiger partial charge in [0.15, 0.2) is 0 Å². The standard InChI is InChI=1S/C17H17N3O3/c1-11-4-7-14(8-5-11)13(3)18-19-17(21)15-9-6-12(2)16(10-15)20(22)23/h4-10H,1-3H3,(H,19,21)/b18-13-. The largest absolute Gasteiger partial charge is 0.273 e. The molecule has 23 heavy (non-hydrogen) atoms. The van der Waals surface area contributed by atoms with E-state index in [0.29, 0.717) is 11.3 Å². The van der Waals surface area contributed by atoms with Gasteiger partial charge in [0.2, 0.25) is 0 Å². The topological polar surface area (TPSA) is 84.6 Å². The fraction of sp³-hybridized carbons (Fsp3) is 0.176. The predicted octanol–water partition coefficient (Wildman–Crippen LogP) is 3.37. The van der Waals surface area contributed by atoms with Gasteiger partial charge < -0.3 is 0 Å². The normalized spacial score (nSPS) is 11.2. The number of hydrogen-bond donors (Lipinski definition) is 1. The van der Waals surface area contributed by atoms with Crippen LogP contribution in [0.15, 0.2) is 47.6 Å². The number of nitro groups is 1. The Morgan fingerprint density at radius 3 is 2.30 bits per heavy atom. The number of benzene rings is 2. The number of carbonyl (C=O) groups is 1. The first-order valence-corrected chi connectivity index (χ1v) is 7.05. The van der Waals surface area contributed by atoms with Crippen LogP contribution in [0.3, 0.4) is 0 Å². The molecular formula is C17H17N3O3. The maximum atomic E-state index is 12.1. The molecule has 0 aliphatic rings. The zero-order valence-electron chi connectivity index (χ0n) is 13.2. The van der Waals surface area contributed by atoms with Crippen molar-refractivity contribution in [3.05, 3.63) is 74.8 Å². The Kier molecular flexibility index (Phi) is 4.85. The highest BCUT2D eigenvalue weighted by Gasteiger charge is 2.14. The van der Waals surface area contributed by atoms with Gasteiger partial charge in [-0.25, -0.2) is 5.43 Å². The number of nitro benzene ring substituents is 1. The molecule has 6 nitrogen and oxygen atoms in total. The van der Waals surface area contributed by atoms with Gasteiger partial charge in [0.05, 0.1) is 10.6 Å². The molecule has 0 aliphatic carbocycles. The van der Waals surface area contributed by atoms with Crippen molar-refractivity contribution in [3.8, 4) is 0 Å². The van der Waals surface area contributed by atoms with Crippen molar-refractivity contribution < 1.29 is 9.72 Å². The van der Waals surface area contributed by atoms with Crippen molar-refractivity contribution in [1.29, 1.82) is 0 Å². The number of nitrogens with one attached hydrogen (secondary N) is 1. The Hall–Kier alpha value is -3.02. The Balaban J connectivity index is 2.16. The summed E-state index contributed by atoms with van der Waals surface area (Å²) in [6.07, 6.45) is 0. The number of hydrogen-bond acceptors (Lipinski definition) is 4. The molecule has 0 aromatic heterocycles. The first-order chi connectivity index (χ1) is 10.9. The van der Waals surface area contributed by atoms with Crippen LogP contribution in [0.25, 0.3) is 0 Å². The fourth-order valence-corrected chi connectivity index (χ4v) is 2.01. The highest BCUT2D eigenvalue weighted by Crippen LogP contribution is 2.19. The van der Waals surface area contributed by atoms with E-state index in [0.717, 1.165) is 11.1 Å². The minimum absolute atomic E-state index is 0.0862. The van der Waals surface area contributed by atoms with Crippen LogP contribution < -0.4 is 5.43 Å². The molecule has 0 fully saturated rings. The van der Waals surface area contributed by atoms with E-state index in [1.165, 1.54) is 12.1 Å². The van der Waals surface area contributed by atoms with Gasteiger partial charge in [-0.15, -0.1) is 0 Å². The third kappa shape index (κ3) is 4.00. The van der Waals surface area contributed by atoms with E-state index in [9.17, 15) is 14.9 Å². The second kappa shape index (κ2) is 6.83. The molecule has 2 aromatic rings. The second-order valence-electron chi connectivity index (χ2n) is 5.26. The highest BCUT2D eigenvalue weighted by molar-refractivity contribution is 6.01. The number of hydrazone groups is 1. The van der Waals surface area contributed by atoms with Gasteiger partial charge in [-0.1, -0.05) is 35.9 Å². The zero-order valence-corrected chi connectivity index (χ0v) is 13.2. The SMILES string of the molecule is C/C(=N/NC(=O)c1ccc(C)c([N+](=O)[O-])c1)c1ccc(C)cc1. The number of rotatable bonds is 4. The van der Waals surface area contributed by atoms with Crippen molar-refractivity contribution in [2.24, 2.45) is 5.10 Å². The van der Waals surface area contributed by atoms with Gasteiger partial charge in [0, 0.05) is 17.2 Å². The smallest absolute Gasteiger partial charge is 0.267 e. The van der Waals surface area contributed by atoms with Crippen LogP contribution in [0.1, 0.15) is 34.0 Å². The lowest BCUT2D eigenvalue weighted by Crippen LogP contribution is -2.19. The molecule has 0 radical (unpaired) electrons. The molecule has 6 heteroatoms. The first-order valence-electron chi connectivity index (χ1n) is 7.05. The van der Waals surface area contributed by atoms with Crippen LogP contribution >= 0.6 is 0 Å². The van der Waals surface area contributed by atoms with Crippen LogP contribution in [0, 0.1) is 24.0 Å². The summed E-state index contributed by atoms with van der Waals surface area (Å²) in [5.41, 5.74) is 5.72. The van der Waals surface area contributed by atoms with Gasteiger partial charge in [-0.3, -0.25) is 14.9 Å². The van der Waals surface area contributed by atoms with E-state index < -0.39 is 10.8 Å². The average molecular weight is 311 g/mol. The lowest BCUT2D eigenvalue weighted by molar-refractivity contribution is -0.385. The number of nitrogens with zero attached hydrogens (tertiary/aromatic N) is 2. The zero-order chi connectivity index (χ0) is 17.0. The van der Waals surface area contributed by atoms with Crippen LogP contribution in [-0.2, 0) is 0 Å². The summed E-state index contributed by atoms with van der Waals surface area (Å²) in [7, 11) is 0. The van der Waals surface area contributed by atoms with Gasteiger partial charge in [0.25, 0.3) is 11.6 Å². The van der Waals surface area contributed by atoms with Gasteiger partial charge >= 0.3 is 0 Å². The third-order valence-electron chi connectivity index (χ3n) is 3.46. The summed E-state index contributed by atoms with van der Waals surface area (Å²) in [6, 6.07) is 12.1. The fourth-order valence-electron chi connectivity index (χ4n) is 2.01. The summed E-state index contributed by atoms with van der Waals surface area (Å²) in [5, 5.41) is 15.0. The number of amides is 1. The summed E-state index contributed by atoms with van der Waals surface area (Å²) < 4.78 is 0. The average Bonchev–Trinajstić information content (AvgIpc) is 2.53. The van der Waals surface area contributed by atoms with Crippen molar-refractivity contribution >= 4 is 17.3 Å². The van der Waals surface area contributed by atoms with Crippen LogP contribution in [0.5, 0.6) is 0 Å².